The van der Waals surface area contributed by atoms with Crippen molar-refractivity contribution in [1.82, 2.24) is 10.2 Å². The number of carbonyl (C=O) groups is 2. The molecule has 208 valence electrons. The van der Waals surface area contributed by atoms with Crippen LogP contribution in [0.25, 0.3) is 0 Å². The summed E-state index contributed by atoms with van der Waals surface area (Å²) in [7, 11) is -4.22. The third kappa shape index (κ3) is 7.88. The van der Waals surface area contributed by atoms with Gasteiger partial charge in [-0.2, -0.15) is 0 Å². The Labute approximate surface area is 244 Å². The maximum Gasteiger partial charge on any atom is 0.264 e. The second-order valence-corrected chi connectivity index (χ2v) is 11.9. The van der Waals surface area contributed by atoms with E-state index in [9.17, 15) is 18.0 Å². The molecule has 2 amide bonds. The molecule has 7 nitrogen and oxygen atoms in total. The van der Waals surface area contributed by atoms with Crippen molar-refractivity contribution in [1.29, 1.82) is 0 Å². The fraction of sp³-hybridized carbons (Fsp3) is 0.286. The molecule has 3 rings (SSSR count). The van der Waals surface area contributed by atoms with Gasteiger partial charge < -0.3 is 10.2 Å². The number of anilines is 1. The Kier molecular flexibility index (Phi) is 11.1. The largest absolute Gasteiger partial charge is 0.354 e. The van der Waals surface area contributed by atoms with E-state index < -0.39 is 28.5 Å². The van der Waals surface area contributed by atoms with Crippen LogP contribution in [0.3, 0.4) is 0 Å². The van der Waals surface area contributed by atoms with Gasteiger partial charge in [-0.15, -0.1) is 0 Å². The van der Waals surface area contributed by atoms with E-state index in [1.54, 1.807) is 49.4 Å². The molecule has 0 saturated heterocycles. The van der Waals surface area contributed by atoms with Gasteiger partial charge in [0.2, 0.25) is 11.8 Å². The third-order valence-corrected chi connectivity index (χ3v) is 8.55. The number of rotatable bonds is 12. The van der Waals surface area contributed by atoms with Gasteiger partial charge in [-0.05, 0) is 60.9 Å². The summed E-state index contributed by atoms with van der Waals surface area (Å²) in [4.78, 5) is 28.5. The van der Waals surface area contributed by atoms with E-state index in [-0.39, 0.29) is 28.1 Å². The fourth-order valence-electron chi connectivity index (χ4n) is 3.99. The van der Waals surface area contributed by atoms with Crippen LogP contribution >= 0.6 is 34.8 Å². The Morgan fingerprint density at radius 1 is 0.897 bits per heavy atom. The Morgan fingerprint density at radius 3 is 2.13 bits per heavy atom. The topological polar surface area (TPSA) is 86.8 Å². The molecule has 0 spiro atoms. The highest BCUT2D eigenvalue weighted by molar-refractivity contribution is 7.92. The van der Waals surface area contributed by atoms with Gasteiger partial charge >= 0.3 is 0 Å². The molecule has 3 aromatic rings. The molecule has 0 unspecified atom stereocenters. The Hall–Kier alpha value is -2.78. The normalized spacial score (nSPS) is 12.0. The zero-order valence-corrected chi connectivity index (χ0v) is 24.7. The molecule has 0 bridgehead atoms. The predicted molar refractivity (Wildman–Crippen MR) is 157 cm³/mol. The van der Waals surface area contributed by atoms with Crippen molar-refractivity contribution in [2.45, 2.75) is 44.2 Å². The zero-order valence-electron chi connectivity index (χ0n) is 21.6. The molecule has 1 atom stereocenters. The number of amides is 2. The van der Waals surface area contributed by atoms with Gasteiger partial charge in [-0.1, -0.05) is 79.0 Å². The lowest BCUT2D eigenvalue weighted by Gasteiger charge is -2.33. The molecule has 0 aliphatic heterocycles. The number of halogens is 3. The van der Waals surface area contributed by atoms with Crippen molar-refractivity contribution in [3.63, 3.8) is 0 Å². The molecule has 3 aromatic carbocycles. The number of benzene rings is 3. The third-order valence-electron chi connectivity index (χ3n) is 5.99. The second-order valence-electron chi connectivity index (χ2n) is 8.78. The monoisotopic (exact) mass is 609 g/mol. The minimum absolute atomic E-state index is 0.0131. The highest BCUT2D eigenvalue weighted by Crippen LogP contribution is 2.33. The number of hydrogen-bond donors (Lipinski definition) is 1. The minimum Gasteiger partial charge on any atom is -0.354 e. The average Bonchev–Trinajstić information content (AvgIpc) is 2.92. The van der Waals surface area contributed by atoms with Crippen LogP contribution in [0.1, 0.15) is 32.3 Å². The van der Waals surface area contributed by atoms with Gasteiger partial charge in [0.15, 0.2) is 0 Å². The lowest BCUT2D eigenvalue weighted by molar-refractivity contribution is -0.140. The molecule has 1 N–H and O–H groups in total. The number of carbonyl (C=O) groups excluding carboxylic acids is 2. The number of sulfonamides is 1. The van der Waals surface area contributed by atoms with Gasteiger partial charge in [0.05, 0.1) is 15.6 Å². The highest BCUT2D eigenvalue weighted by Gasteiger charge is 2.34. The quantitative estimate of drug-likeness (QED) is 0.266. The maximum atomic E-state index is 14.0. The summed E-state index contributed by atoms with van der Waals surface area (Å²) in [5.74, 6) is -0.891. The van der Waals surface area contributed by atoms with Crippen LogP contribution in [-0.4, -0.2) is 44.3 Å². The van der Waals surface area contributed by atoms with Gasteiger partial charge in [0.1, 0.15) is 12.6 Å². The summed E-state index contributed by atoms with van der Waals surface area (Å²) in [6.45, 7) is 3.66. The van der Waals surface area contributed by atoms with Crippen LogP contribution in [0, 0.1) is 0 Å². The standard InChI is InChI=1S/C28H30Cl3N3O4S/c1-3-16-32-28(36)25(4-2)33(18-20-10-12-21(29)13-11-20)27(35)19-34(26-15-14-22(30)17-24(26)31)39(37,38)23-8-6-5-7-9-23/h5-15,17,25H,3-4,16,18-19H2,1-2H3,(H,32,36)/t25-/m0/s1. The van der Waals surface area contributed by atoms with Crippen molar-refractivity contribution < 1.29 is 18.0 Å². The van der Waals surface area contributed by atoms with Crippen LogP contribution in [0.2, 0.25) is 15.1 Å². The van der Waals surface area contributed by atoms with E-state index >= 15 is 0 Å². The van der Waals surface area contributed by atoms with E-state index in [1.165, 1.54) is 35.2 Å². The van der Waals surface area contributed by atoms with E-state index in [4.69, 9.17) is 34.8 Å². The molecular weight excluding hydrogens is 581 g/mol. The van der Waals surface area contributed by atoms with Crippen LogP contribution in [0.5, 0.6) is 0 Å². The van der Waals surface area contributed by atoms with E-state index in [0.717, 1.165) is 16.3 Å². The molecule has 39 heavy (non-hydrogen) atoms. The molecule has 0 fully saturated rings. The van der Waals surface area contributed by atoms with E-state index in [1.807, 2.05) is 6.92 Å². The van der Waals surface area contributed by atoms with Crippen molar-refractivity contribution in [2.24, 2.45) is 0 Å². The highest BCUT2D eigenvalue weighted by atomic mass is 35.5. The molecule has 0 aliphatic carbocycles. The molecule has 0 saturated carbocycles. The van der Waals surface area contributed by atoms with Gasteiger partial charge in [0, 0.05) is 23.1 Å². The van der Waals surface area contributed by atoms with Gasteiger partial charge in [-0.3, -0.25) is 13.9 Å². The summed E-state index contributed by atoms with van der Waals surface area (Å²) in [5.41, 5.74) is 0.824. The Balaban J connectivity index is 2.07. The SMILES string of the molecule is CCCNC(=O)[C@H](CC)N(Cc1ccc(Cl)cc1)C(=O)CN(c1ccc(Cl)cc1Cl)S(=O)(=O)c1ccccc1. The maximum absolute atomic E-state index is 14.0. The molecule has 11 heteroatoms. The summed E-state index contributed by atoms with van der Waals surface area (Å²) in [6, 6.07) is 18.2. The first-order valence-electron chi connectivity index (χ1n) is 12.4. The molecular formula is C28H30Cl3N3O4S. The lowest BCUT2D eigenvalue weighted by Crippen LogP contribution is -2.52. The first-order chi connectivity index (χ1) is 18.6. The van der Waals surface area contributed by atoms with Crippen LogP contribution < -0.4 is 9.62 Å². The number of nitrogens with zero attached hydrogens (tertiary/aromatic N) is 2. The Morgan fingerprint density at radius 2 is 1.54 bits per heavy atom. The minimum atomic E-state index is -4.22. The summed E-state index contributed by atoms with van der Waals surface area (Å²) in [6.07, 6.45) is 1.05. The van der Waals surface area contributed by atoms with E-state index in [2.05, 4.69) is 5.32 Å². The first-order valence-corrected chi connectivity index (χ1v) is 15.0. The smallest absolute Gasteiger partial charge is 0.264 e. The average molecular weight is 611 g/mol. The fourth-order valence-corrected chi connectivity index (χ4v) is 6.13. The van der Waals surface area contributed by atoms with Gasteiger partial charge in [0.25, 0.3) is 10.0 Å². The van der Waals surface area contributed by atoms with Crippen molar-refractivity contribution in [2.75, 3.05) is 17.4 Å². The summed E-state index contributed by atoms with van der Waals surface area (Å²) >= 11 is 18.5. The molecule has 0 aliphatic rings. The van der Waals surface area contributed by atoms with Crippen molar-refractivity contribution in [3.05, 3.63) is 93.4 Å². The number of hydrogen-bond acceptors (Lipinski definition) is 4. The van der Waals surface area contributed by atoms with E-state index in [0.29, 0.717) is 23.0 Å². The molecule has 0 heterocycles. The van der Waals surface area contributed by atoms with Crippen LogP contribution in [-0.2, 0) is 26.2 Å². The second kappa shape index (κ2) is 14.0. The van der Waals surface area contributed by atoms with Crippen molar-refractivity contribution >= 4 is 62.3 Å². The zero-order chi connectivity index (χ0) is 28.6. The summed E-state index contributed by atoms with van der Waals surface area (Å²) < 4.78 is 28.6. The number of nitrogens with one attached hydrogen (secondary N) is 1. The first kappa shape index (κ1) is 30.8. The van der Waals surface area contributed by atoms with Crippen LogP contribution in [0.15, 0.2) is 77.7 Å². The molecule has 0 aromatic heterocycles. The van der Waals surface area contributed by atoms with Crippen LogP contribution in [0.4, 0.5) is 5.69 Å². The molecule has 0 radical (unpaired) electrons. The lowest BCUT2D eigenvalue weighted by atomic mass is 10.1. The van der Waals surface area contributed by atoms with Crippen molar-refractivity contribution in [3.8, 4) is 0 Å². The van der Waals surface area contributed by atoms with Gasteiger partial charge in [-0.25, -0.2) is 8.42 Å². The predicted octanol–water partition coefficient (Wildman–Crippen LogP) is 6.18. The Bertz CT molecular complexity index is 1390. The summed E-state index contributed by atoms with van der Waals surface area (Å²) in [5, 5.41) is 3.75.